The maximum Gasteiger partial charge on any atom is 0.327 e. The van der Waals surface area contributed by atoms with Gasteiger partial charge < -0.3 is 9.47 Å². The molecule has 0 bridgehead atoms. The van der Waals surface area contributed by atoms with Crippen molar-refractivity contribution in [3.05, 3.63) is 41.5 Å². The first kappa shape index (κ1) is 23.4. The van der Waals surface area contributed by atoms with E-state index in [0.29, 0.717) is 12.8 Å². The number of ether oxygens (including phenoxy) is 2. The van der Waals surface area contributed by atoms with Crippen LogP contribution in [0.3, 0.4) is 0 Å². The van der Waals surface area contributed by atoms with Crippen LogP contribution in [0, 0.1) is 16.7 Å². The molecule has 1 aliphatic carbocycles. The van der Waals surface area contributed by atoms with Crippen molar-refractivity contribution < 1.29 is 14.3 Å². The molecule has 1 aliphatic heterocycles. The number of carbonyl (C=O) groups excluding carboxylic acids is 1. The summed E-state index contributed by atoms with van der Waals surface area (Å²) in [4.78, 5) is 26.6. The van der Waals surface area contributed by atoms with E-state index in [2.05, 4.69) is 35.1 Å². The number of fused-ring (bicyclic) bond motifs is 2. The third-order valence-electron chi connectivity index (χ3n) is 7.17. The van der Waals surface area contributed by atoms with Crippen LogP contribution in [0.2, 0.25) is 0 Å². The van der Waals surface area contributed by atoms with Crippen LogP contribution < -0.4 is 0 Å². The van der Waals surface area contributed by atoms with E-state index in [9.17, 15) is 10.1 Å². The molecule has 3 heterocycles. The first-order valence-corrected chi connectivity index (χ1v) is 12.6. The predicted octanol–water partition coefficient (Wildman–Crippen LogP) is 4.71. The van der Waals surface area contributed by atoms with E-state index < -0.39 is 11.4 Å². The van der Waals surface area contributed by atoms with Crippen molar-refractivity contribution in [2.75, 3.05) is 13.2 Å². The second-order valence-corrected chi connectivity index (χ2v) is 9.52. The number of unbranched alkanes of at least 4 members (excludes halogenated alkanes) is 1. The molecule has 0 N–H and O–H groups in total. The van der Waals surface area contributed by atoms with Crippen LogP contribution in [0.1, 0.15) is 68.9 Å². The Kier molecular flexibility index (Phi) is 6.52. The number of benzene rings is 1. The molecule has 2 unspecified atom stereocenters. The number of nitriles is 1. The van der Waals surface area contributed by atoms with Crippen molar-refractivity contribution in [2.24, 2.45) is 5.41 Å². The summed E-state index contributed by atoms with van der Waals surface area (Å²) < 4.78 is 13.3. The highest BCUT2D eigenvalue weighted by Gasteiger charge is 2.46. The van der Waals surface area contributed by atoms with E-state index in [1.54, 1.807) is 19.6 Å². The van der Waals surface area contributed by atoms with Crippen molar-refractivity contribution in [1.29, 1.82) is 5.26 Å². The Balaban J connectivity index is 1.59. The van der Waals surface area contributed by atoms with E-state index in [1.165, 1.54) is 0 Å². The van der Waals surface area contributed by atoms with Gasteiger partial charge in [0.1, 0.15) is 23.8 Å². The maximum atomic E-state index is 12.7. The van der Waals surface area contributed by atoms with Crippen molar-refractivity contribution in [3.8, 4) is 17.3 Å². The first-order chi connectivity index (χ1) is 17.1. The molecule has 0 amide bonds. The van der Waals surface area contributed by atoms with Crippen molar-refractivity contribution >= 4 is 17.1 Å². The number of rotatable bonds is 7. The fraction of sp³-hybridized carbons (Fsp3) is 0.519. The van der Waals surface area contributed by atoms with Gasteiger partial charge in [-0.3, -0.25) is 9.36 Å². The monoisotopic (exact) mass is 473 g/mol. The molecule has 35 heavy (non-hydrogen) atoms. The van der Waals surface area contributed by atoms with E-state index in [-0.39, 0.29) is 12.8 Å². The summed E-state index contributed by atoms with van der Waals surface area (Å²) in [6, 6.07) is 6.54. The minimum Gasteiger partial charge on any atom is -0.465 e. The molecule has 2 aromatic heterocycles. The SMILES string of the molecule is CCCCc1cc2c(cc1-c1ncnc3c1ncn3C1CCCCO1)CC(C#N)(C(=O)OCC)C2. The second kappa shape index (κ2) is 9.74. The van der Waals surface area contributed by atoms with Crippen LogP contribution in [0.5, 0.6) is 0 Å². The number of aryl methyl sites for hydroxylation is 1. The molecule has 2 aliphatic rings. The third-order valence-corrected chi connectivity index (χ3v) is 7.17. The number of imidazole rings is 1. The molecule has 0 radical (unpaired) electrons. The number of hydrogen-bond donors (Lipinski definition) is 0. The van der Waals surface area contributed by atoms with Gasteiger partial charge in [0.05, 0.1) is 19.0 Å². The lowest BCUT2D eigenvalue weighted by molar-refractivity contribution is -0.151. The van der Waals surface area contributed by atoms with Gasteiger partial charge in [0.15, 0.2) is 11.1 Å². The van der Waals surface area contributed by atoms with Crippen LogP contribution >= 0.6 is 0 Å². The maximum absolute atomic E-state index is 12.7. The van der Waals surface area contributed by atoms with Crippen LogP contribution in [0.25, 0.3) is 22.4 Å². The quantitative estimate of drug-likeness (QED) is 0.458. The summed E-state index contributed by atoms with van der Waals surface area (Å²) in [5.74, 6) is -0.439. The fourth-order valence-electron chi connectivity index (χ4n) is 5.32. The first-order valence-electron chi connectivity index (χ1n) is 12.6. The van der Waals surface area contributed by atoms with Crippen molar-refractivity contribution in [2.45, 2.75) is 71.4 Å². The van der Waals surface area contributed by atoms with E-state index in [0.717, 1.165) is 84.2 Å². The van der Waals surface area contributed by atoms with Gasteiger partial charge in [0, 0.05) is 25.0 Å². The normalized spacial score (nSPS) is 21.6. The minimum absolute atomic E-state index is 0.0584. The molecule has 3 aromatic rings. The molecule has 1 saturated heterocycles. The molecule has 1 aromatic carbocycles. The minimum atomic E-state index is -1.17. The second-order valence-electron chi connectivity index (χ2n) is 9.52. The van der Waals surface area contributed by atoms with Crippen LogP contribution in [0.4, 0.5) is 0 Å². The van der Waals surface area contributed by atoms with E-state index in [4.69, 9.17) is 14.5 Å². The lowest BCUT2D eigenvalue weighted by Gasteiger charge is -2.23. The molecular weight excluding hydrogens is 442 g/mol. The van der Waals surface area contributed by atoms with Gasteiger partial charge in [-0.2, -0.15) is 5.26 Å². The smallest absolute Gasteiger partial charge is 0.327 e. The van der Waals surface area contributed by atoms with Crippen LogP contribution in [0.15, 0.2) is 24.8 Å². The number of esters is 1. The Labute approximate surface area is 205 Å². The zero-order valence-corrected chi connectivity index (χ0v) is 20.4. The topological polar surface area (TPSA) is 103 Å². The van der Waals surface area contributed by atoms with Gasteiger partial charge >= 0.3 is 5.97 Å². The molecule has 5 rings (SSSR count). The molecule has 8 nitrogen and oxygen atoms in total. The fourth-order valence-corrected chi connectivity index (χ4v) is 5.32. The van der Waals surface area contributed by atoms with Gasteiger partial charge in [0.25, 0.3) is 0 Å². The van der Waals surface area contributed by atoms with Gasteiger partial charge in [-0.25, -0.2) is 15.0 Å². The van der Waals surface area contributed by atoms with Gasteiger partial charge in [-0.1, -0.05) is 19.4 Å². The molecule has 1 fully saturated rings. The van der Waals surface area contributed by atoms with E-state index >= 15 is 0 Å². The third kappa shape index (κ3) is 4.19. The highest BCUT2D eigenvalue weighted by molar-refractivity contribution is 5.89. The Morgan fingerprint density at radius 3 is 2.77 bits per heavy atom. The summed E-state index contributed by atoms with van der Waals surface area (Å²) >= 11 is 0. The summed E-state index contributed by atoms with van der Waals surface area (Å²) in [7, 11) is 0. The highest BCUT2D eigenvalue weighted by Crippen LogP contribution is 2.42. The van der Waals surface area contributed by atoms with Gasteiger partial charge in [-0.15, -0.1) is 0 Å². The number of aromatic nitrogens is 4. The Morgan fingerprint density at radius 2 is 2.06 bits per heavy atom. The Hall–Kier alpha value is -3.31. The average Bonchev–Trinajstić information content (AvgIpc) is 3.49. The zero-order valence-electron chi connectivity index (χ0n) is 20.4. The average molecular weight is 474 g/mol. The largest absolute Gasteiger partial charge is 0.465 e. The number of hydrogen-bond acceptors (Lipinski definition) is 7. The van der Waals surface area contributed by atoms with Gasteiger partial charge in [0.2, 0.25) is 0 Å². The summed E-state index contributed by atoms with van der Waals surface area (Å²) in [5, 5.41) is 9.95. The Morgan fingerprint density at radius 1 is 1.23 bits per heavy atom. The Bertz CT molecular complexity index is 1290. The molecular formula is C27H31N5O3. The summed E-state index contributed by atoms with van der Waals surface area (Å²) in [6.45, 7) is 4.94. The summed E-state index contributed by atoms with van der Waals surface area (Å²) in [6.07, 6.45) is 10.2. The standard InChI is InChI=1S/C27H31N5O3/c1-3-5-8-18-11-19-13-27(15-28,26(33)34-4-2)14-20(19)12-21(18)23-24-25(30-16-29-23)32(17-31-24)22-9-6-7-10-35-22/h11-12,16-17,22H,3-10,13-14H2,1-2H3. The number of nitrogens with zero attached hydrogens (tertiary/aromatic N) is 5. The predicted molar refractivity (Wildman–Crippen MR) is 130 cm³/mol. The van der Waals surface area contributed by atoms with Crippen molar-refractivity contribution in [3.63, 3.8) is 0 Å². The molecule has 182 valence electrons. The molecule has 0 spiro atoms. The zero-order chi connectivity index (χ0) is 24.4. The lowest BCUT2D eigenvalue weighted by atomic mass is 9.86. The van der Waals surface area contributed by atoms with Crippen LogP contribution in [-0.2, 0) is 33.5 Å². The van der Waals surface area contributed by atoms with Gasteiger partial charge in [-0.05, 0) is 61.8 Å². The van der Waals surface area contributed by atoms with Crippen molar-refractivity contribution in [1.82, 2.24) is 19.5 Å². The van der Waals surface area contributed by atoms with E-state index in [1.807, 2.05) is 4.57 Å². The number of carbonyl (C=O) groups is 1. The summed E-state index contributed by atoms with van der Waals surface area (Å²) in [5.41, 5.74) is 5.32. The molecule has 0 saturated carbocycles. The molecule has 2 atom stereocenters. The highest BCUT2D eigenvalue weighted by atomic mass is 16.5. The lowest BCUT2D eigenvalue weighted by Crippen LogP contribution is -2.32. The van der Waals surface area contributed by atoms with Crippen LogP contribution in [-0.4, -0.2) is 38.7 Å². The molecule has 8 heteroatoms.